The zero-order valence-corrected chi connectivity index (χ0v) is 16.9. The van der Waals surface area contributed by atoms with E-state index in [0.717, 1.165) is 11.1 Å². The van der Waals surface area contributed by atoms with Gasteiger partial charge < -0.3 is 14.5 Å². The molecule has 3 aromatic carbocycles. The van der Waals surface area contributed by atoms with Crippen LogP contribution in [0.3, 0.4) is 0 Å². The molecule has 0 saturated heterocycles. The fraction of sp³-hybridized carbons (Fsp3) is 0.130. The number of nitro benzene ring substituents is 1. The number of nitro groups is 1. The maximum absolute atomic E-state index is 12.7. The standard InChI is InChI=1S/C23H19N3O5/c1-3-30-21-10-8-15(13-19(21)26(28)29)22(27)24-17-6-4-5-16(12-17)23-25-18-11-14(2)7-9-20(18)31-23/h4-13H,3H2,1-2H3,(H,24,27). The largest absolute Gasteiger partial charge is 0.487 e. The van der Waals surface area contributed by atoms with E-state index in [9.17, 15) is 14.9 Å². The lowest BCUT2D eigenvalue weighted by Gasteiger charge is -2.08. The highest BCUT2D eigenvalue weighted by molar-refractivity contribution is 6.05. The van der Waals surface area contributed by atoms with Gasteiger partial charge in [-0.05, 0) is 61.9 Å². The number of benzene rings is 3. The van der Waals surface area contributed by atoms with Gasteiger partial charge in [0.2, 0.25) is 5.89 Å². The summed E-state index contributed by atoms with van der Waals surface area (Å²) in [6, 6.07) is 16.9. The van der Waals surface area contributed by atoms with Crippen LogP contribution in [0.5, 0.6) is 5.75 Å². The van der Waals surface area contributed by atoms with Gasteiger partial charge in [0.05, 0.1) is 11.5 Å². The van der Waals surface area contributed by atoms with Gasteiger partial charge in [-0.1, -0.05) is 12.1 Å². The molecule has 0 aliphatic carbocycles. The number of carbonyl (C=O) groups is 1. The molecule has 0 aliphatic heterocycles. The summed E-state index contributed by atoms with van der Waals surface area (Å²) >= 11 is 0. The van der Waals surface area contributed by atoms with Crippen molar-refractivity contribution in [1.82, 2.24) is 4.98 Å². The Labute approximate surface area is 177 Å². The molecule has 4 aromatic rings. The van der Waals surface area contributed by atoms with Crippen molar-refractivity contribution in [2.24, 2.45) is 0 Å². The Balaban J connectivity index is 1.59. The number of anilines is 1. The zero-order chi connectivity index (χ0) is 22.0. The smallest absolute Gasteiger partial charge is 0.311 e. The minimum Gasteiger partial charge on any atom is -0.487 e. The van der Waals surface area contributed by atoms with E-state index < -0.39 is 10.8 Å². The molecule has 0 fully saturated rings. The molecule has 156 valence electrons. The number of amides is 1. The fourth-order valence-corrected chi connectivity index (χ4v) is 3.17. The number of rotatable bonds is 6. The topological polar surface area (TPSA) is 108 Å². The van der Waals surface area contributed by atoms with Crippen molar-refractivity contribution >= 4 is 28.4 Å². The Morgan fingerprint density at radius 2 is 2.00 bits per heavy atom. The molecular weight excluding hydrogens is 398 g/mol. The van der Waals surface area contributed by atoms with Crippen molar-refractivity contribution in [3.63, 3.8) is 0 Å². The SMILES string of the molecule is CCOc1ccc(C(=O)Nc2cccc(-c3nc4cc(C)ccc4o3)c2)cc1[N+](=O)[O-]. The lowest BCUT2D eigenvalue weighted by molar-refractivity contribution is -0.385. The quantitative estimate of drug-likeness (QED) is 0.334. The summed E-state index contributed by atoms with van der Waals surface area (Å²) in [5.41, 5.74) is 3.62. The van der Waals surface area contributed by atoms with Crippen molar-refractivity contribution in [2.75, 3.05) is 11.9 Å². The number of hydrogen-bond donors (Lipinski definition) is 1. The first kappa shape index (κ1) is 20.1. The number of oxazole rings is 1. The third-order valence-electron chi connectivity index (χ3n) is 4.63. The fourth-order valence-electron chi connectivity index (χ4n) is 3.17. The number of ether oxygens (including phenoxy) is 1. The summed E-state index contributed by atoms with van der Waals surface area (Å²) in [6.07, 6.45) is 0. The van der Waals surface area contributed by atoms with Crippen LogP contribution in [0.25, 0.3) is 22.6 Å². The molecule has 4 rings (SSSR count). The van der Waals surface area contributed by atoms with Crippen LogP contribution in [0.1, 0.15) is 22.8 Å². The van der Waals surface area contributed by atoms with E-state index in [1.807, 2.05) is 31.2 Å². The summed E-state index contributed by atoms with van der Waals surface area (Å²) in [5.74, 6) is 0.0853. The molecule has 31 heavy (non-hydrogen) atoms. The van der Waals surface area contributed by atoms with Crippen LogP contribution in [0, 0.1) is 17.0 Å². The highest BCUT2D eigenvalue weighted by Gasteiger charge is 2.19. The maximum Gasteiger partial charge on any atom is 0.311 e. The molecule has 0 spiro atoms. The summed E-state index contributed by atoms with van der Waals surface area (Å²) in [7, 11) is 0. The summed E-state index contributed by atoms with van der Waals surface area (Å²) < 4.78 is 11.1. The first-order chi connectivity index (χ1) is 14.9. The highest BCUT2D eigenvalue weighted by atomic mass is 16.6. The molecule has 0 atom stereocenters. The first-order valence-electron chi connectivity index (χ1n) is 9.65. The maximum atomic E-state index is 12.7. The van der Waals surface area contributed by atoms with Crippen LogP contribution < -0.4 is 10.1 Å². The van der Waals surface area contributed by atoms with Gasteiger partial charge in [0.1, 0.15) is 5.52 Å². The van der Waals surface area contributed by atoms with Crippen molar-refractivity contribution in [3.8, 4) is 17.2 Å². The third-order valence-corrected chi connectivity index (χ3v) is 4.63. The summed E-state index contributed by atoms with van der Waals surface area (Å²) in [5, 5.41) is 14.1. The molecule has 1 aromatic heterocycles. The lowest BCUT2D eigenvalue weighted by atomic mass is 10.1. The Morgan fingerprint density at radius 3 is 2.77 bits per heavy atom. The molecule has 8 nitrogen and oxygen atoms in total. The van der Waals surface area contributed by atoms with E-state index in [4.69, 9.17) is 9.15 Å². The van der Waals surface area contributed by atoms with Gasteiger partial charge in [0.15, 0.2) is 11.3 Å². The van der Waals surface area contributed by atoms with E-state index in [0.29, 0.717) is 22.7 Å². The third kappa shape index (κ3) is 4.23. The van der Waals surface area contributed by atoms with Gasteiger partial charge >= 0.3 is 5.69 Å². The highest BCUT2D eigenvalue weighted by Crippen LogP contribution is 2.29. The first-order valence-corrected chi connectivity index (χ1v) is 9.65. The summed E-state index contributed by atoms with van der Waals surface area (Å²) in [6.45, 7) is 4.00. The minimum absolute atomic E-state index is 0.122. The second-order valence-corrected chi connectivity index (χ2v) is 6.90. The second-order valence-electron chi connectivity index (χ2n) is 6.90. The molecule has 1 amide bonds. The average Bonchev–Trinajstić information content (AvgIpc) is 3.17. The Morgan fingerprint density at radius 1 is 1.16 bits per heavy atom. The van der Waals surface area contributed by atoms with E-state index in [2.05, 4.69) is 10.3 Å². The molecule has 0 saturated carbocycles. The van der Waals surface area contributed by atoms with Crippen LogP contribution >= 0.6 is 0 Å². The molecule has 0 aliphatic rings. The second kappa shape index (κ2) is 8.27. The summed E-state index contributed by atoms with van der Waals surface area (Å²) in [4.78, 5) is 27.9. The number of fused-ring (bicyclic) bond motifs is 1. The molecule has 0 bridgehead atoms. The van der Waals surface area contributed by atoms with Crippen molar-refractivity contribution in [2.45, 2.75) is 13.8 Å². The number of carbonyl (C=O) groups excluding carboxylic acids is 1. The monoisotopic (exact) mass is 417 g/mol. The van der Waals surface area contributed by atoms with Crippen LogP contribution in [-0.2, 0) is 0 Å². The van der Waals surface area contributed by atoms with E-state index in [1.54, 1.807) is 25.1 Å². The van der Waals surface area contributed by atoms with Crippen molar-refractivity contribution < 1.29 is 18.9 Å². The van der Waals surface area contributed by atoms with E-state index >= 15 is 0 Å². The molecule has 1 heterocycles. The molecule has 0 radical (unpaired) electrons. The Kier molecular flexibility index (Phi) is 5.36. The predicted molar refractivity (Wildman–Crippen MR) is 116 cm³/mol. The van der Waals surface area contributed by atoms with Gasteiger partial charge in [-0.15, -0.1) is 0 Å². The molecule has 0 unspecified atom stereocenters. The number of nitrogens with one attached hydrogen (secondary N) is 1. The van der Waals surface area contributed by atoms with Gasteiger partial charge in [-0.2, -0.15) is 0 Å². The number of nitrogens with zero attached hydrogens (tertiary/aromatic N) is 2. The minimum atomic E-state index is -0.572. The predicted octanol–water partition coefficient (Wildman–Crippen LogP) is 5.36. The molecule has 1 N–H and O–H groups in total. The van der Waals surface area contributed by atoms with Crippen LogP contribution in [-0.4, -0.2) is 22.4 Å². The Hall–Kier alpha value is -4.20. The lowest BCUT2D eigenvalue weighted by Crippen LogP contribution is -2.12. The molecule has 8 heteroatoms. The van der Waals surface area contributed by atoms with Gasteiger partial charge in [-0.3, -0.25) is 14.9 Å². The Bertz CT molecular complexity index is 1300. The zero-order valence-electron chi connectivity index (χ0n) is 16.9. The van der Waals surface area contributed by atoms with Gasteiger partial charge in [0, 0.05) is 22.9 Å². The number of hydrogen-bond acceptors (Lipinski definition) is 6. The van der Waals surface area contributed by atoms with Crippen molar-refractivity contribution in [3.05, 3.63) is 81.9 Å². The van der Waals surface area contributed by atoms with E-state index in [1.165, 1.54) is 18.2 Å². The normalized spacial score (nSPS) is 10.8. The number of aromatic nitrogens is 1. The van der Waals surface area contributed by atoms with Crippen LogP contribution in [0.2, 0.25) is 0 Å². The van der Waals surface area contributed by atoms with Gasteiger partial charge in [0.25, 0.3) is 5.91 Å². The van der Waals surface area contributed by atoms with Crippen molar-refractivity contribution in [1.29, 1.82) is 0 Å². The van der Waals surface area contributed by atoms with Crippen LogP contribution in [0.15, 0.2) is 65.1 Å². The van der Waals surface area contributed by atoms with E-state index in [-0.39, 0.29) is 23.6 Å². The molecular formula is C23H19N3O5. The van der Waals surface area contributed by atoms with Crippen LogP contribution in [0.4, 0.5) is 11.4 Å². The van der Waals surface area contributed by atoms with Gasteiger partial charge in [-0.25, -0.2) is 4.98 Å². The number of aryl methyl sites for hydroxylation is 1. The average molecular weight is 417 g/mol.